The summed E-state index contributed by atoms with van der Waals surface area (Å²) in [4.78, 5) is 25.7. The molecule has 0 saturated carbocycles. The maximum Gasteiger partial charge on any atom is 0.234 e. The second-order valence-corrected chi connectivity index (χ2v) is 9.84. The molecule has 5 nitrogen and oxygen atoms in total. The van der Waals surface area contributed by atoms with Crippen LogP contribution in [0.1, 0.15) is 43.2 Å². The number of hydrogen-bond donors (Lipinski definition) is 2. The smallest absolute Gasteiger partial charge is 0.234 e. The van der Waals surface area contributed by atoms with E-state index in [4.69, 9.17) is 23.2 Å². The van der Waals surface area contributed by atoms with E-state index in [2.05, 4.69) is 16.7 Å². The lowest BCUT2D eigenvalue weighted by Gasteiger charge is -2.33. The lowest BCUT2D eigenvalue weighted by Crippen LogP contribution is -2.32. The van der Waals surface area contributed by atoms with Gasteiger partial charge in [-0.2, -0.15) is 5.26 Å². The fourth-order valence-corrected chi connectivity index (χ4v) is 5.65. The molecule has 1 aliphatic carbocycles. The standard InChI is InChI=1S/C26H23Cl2N3O2S/c1-2-15-7-3-4-10-19(15)30-22(33)14-34-26-17(13-29)23(16-8-5-9-18(27)25(16)28)24-20(31-26)11-6-12-21(24)32/h3-5,7-10,23,31H,2,6,11-12,14H2,1H3,(H,30,33)/t23-/m1/s1. The molecule has 0 saturated heterocycles. The molecule has 2 aromatic carbocycles. The summed E-state index contributed by atoms with van der Waals surface area (Å²) in [5.74, 6) is -0.681. The molecule has 4 rings (SSSR count). The van der Waals surface area contributed by atoms with Crippen LogP contribution in [0.25, 0.3) is 0 Å². The van der Waals surface area contributed by atoms with E-state index in [1.807, 2.05) is 31.2 Å². The first-order valence-corrected chi connectivity index (χ1v) is 12.8. The number of thioether (sulfide) groups is 1. The fraction of sp³-hybridized carbons (Fsp3) is 0.269. The van der Waals surface area contributed by atoms with Crippen molar-refractivity contribution in [2.24, 2.45) is 0 Å². The molecule has 0 unspecified atom stereocenters. The number of carbonyl (C=O) groups excluding carboxylic acids is 2. The molecule has 0 radical (unpaired) electrons. The maximum absolute atomic E-state index is 12.9. The van der Waals surface area contributed by atoms with E-state index >= 15 is 0 Å². The van der Waals surface area contributed by atoms with Gasteiger partial charge in [0.05, 0.1) is 38.4 Å². The van der Waals surface area contributed by atoms with E-state index in [1.165, 1.54) is 11.8 Å². The highest BCUT2D eigenvalue weighted by atomic mass is 35.5. The van der Waals surface area contributed by atoms with E-state index < -0.39 is 5.92 Å². The zero-order valence-electron chi connectivity index (χ0n) is 18.6. The van der Waals surface area contributed by atoms with Gasteiger partial charge in [-0.25, -0.2) is 0 Å². The Morgan fingerprint density at radius 3 is 2.76 bits per heavy atom. The van der Waals surface area contributed by atoms with Gasteiger partial charge in [0, 0.05) is 23.4 Å². The highest BCUT2D eigenvalue weighted by Gasteiger charge is 2.38. The second kappa shape index (κ2) is 10.7. The van der Waals surface area contributed by atoms with Gasteiger partial charge in [-0.15, -0.1) is 0 Å². The van der Waals surface area contributed by atoms with Crippen molar-refractivity contribution < 1.29 is 9.59 Å². The molecule has 1 atom stereocenters. The zero-order chi connectivity index (χ0) is 24.2. The molecule has 2 N–H and O–H groups in total. The predicted octanol–water partition coefficient (Wildman–Crippen LogP) is 6.36. The molecule has 0 aromatic heterocycles. The number of ketones is 1. The molecule has 0 bridgehead atoms. The average molecular weight is 512 g/mol. The first kappa shape index (κ1) is 24.4. The number of amides is 1. The monoisotopic (exact) mass is 511 g/mol. The number of nitrogens with one attached hydrogen (secondary N) is 2. The van der Waals surface area contributed by atoms with E-state index in [0.29, 0.717) is 44.6 Å². The SMILES string of the molecule is CCc1ccccc1NC(=O)CSC1=C(C#N)[C@@H](c2cccc(Cl)c2Cl)C2=C(CCCC2=O)N1. The normalized spacial score (nSPS) is 17.7. The Balaban J connectivity index is 1.65. The third-order valence-corrected chi connectivity index (χ3v) is 7.83. The van der Waals surface area contributed by atoms with Crippen LogP contribution in [-0.2, 0) is 16.0 Å². The molecule has 174 valence electrons. The zero-order valence-corrected chi connectivity index (χ0v) is 20.9. The molecule has 1 aliphatic heterocycles. The van der Waals surface area contributed by atoms with Crippen LogP contribution in [0.15, 0.2) is 64.3 Å². The Labute approximate surface area is 213 Å². The number of carbonyl (C=O) groups is 2. The lowest BCUT2D eigenvalue weighted by atomic mass is 9.77. The predicted molar refractivity (Wildman–Crippen MR) is 138 cm³/mol. The molecule has 0 spiro atoms. The number of Topliss-reactive ketones (excluding diaryl/α,β-unsaturated/α-hetero) is 1. The summed E-state index contributed by atoms with van der Waals surface area (Å²) in [5.41, 5.74) is 4.18. The number of halogens is 2. The quantitative estimate of drug-likeness (QED) is 0.471. The first-order valence-electron chi connectivity index (χ1n) is 11.1. The molecule has 1 heterocycles. The summed E-state index contributed by atoms with van der Waals surface area (Å²) < 4.78 is 0. The topological polar surface area (TPSA) is 82.0 Å². The number of anilines is 1. The summed E-state index contributed by atoms with van der Waals surface area (Å²) in [5, 5.41) is 17.6. The maximum atomic E-state index is 12.9. The molecule has 8 heteroatoms. The van der Waals surface area contributed by atoms with E-state index in [-0.39, 0.29) is 17.4 Å². The second-order valence-electron chi connectivity index (χ2n) is 8.07. The molecule has 0 fully saturated rings. The molecular formula is C26H23Cl2N3O2S. The van der Waals surface area contributed by atoms with Crippen molar-refractivity contribution in [1.82, 2.24) is 5.32 Å². The Morgan fingerprint density at radius 1 is 1.21 bits per heavy atom. The van der Waals surface area contributed by atoms with Gasteiger partial charge in [-0.05, 0) is 42.5 Å². The largest absolute Gasteiger partial charge is 0.352 e. The number of para-hydroxylation sites is 1. The number of nitrogens with zero attached hydrogens (tertiary/aromatic N) is 1. The summed E-state index contributed by atoms with van der Waals surface area (Å²) in [6.07, 6.45) is 2.65. The number of hydrogen-bond acceptors (Lipinski definition) is 5. The summed E-state index contributed by atoms with van der Waals surface area (Å²) >= 11 is 14.1. The number of aryl methyl sites for hydroxylation is 1. The van der Waals surface area contributed by atoms with E-state index in [0.717, 1.165) is 29.8 Å². The first-order chi connectivity index (χ1) is 16.4. The van der Waals surface area contributed by atoms with Gasteiger partial charge < -0.3 is 10.6 Å². The van der Waals surface area contributed by atoms with Gasteiger partial charge in [0.1, 0.15) is 0 Å². The van der Waals surface area contributed by atoms with Crippen LogP contribution in [-0.4, -0.2) is 17.4 Å². The summed E-state index contributed by atoms with van der Waals surface area (Å²) in [6, 6.07) is 15.2. The van der Waals surface area contributed by atoms with E-state index in [1.54, 1.807) is 18.2 Å². The Morgan fingerprint density at radius 2 is 2.00 bits per heavy atom. The average Bonchev–Trinajstić information content (AvgIpc) is 2.84. The Bertz CT molecular complexity index is 1260. The number of benzene rings is 2. The van der Waals surface area contributed by atoms with Crippen molar-refractivity contribution in [3.8, 4) is 6.07 Å². The molecular weight excluding hydrogens is 489 g/mol. The van der Waals surface area contributed by atoms with Gasteiger partial charge in [0.2, 0.25) is 5.91 Å². The number of nitriles is 1. The van der Waals surface area contributed by atoms with Gasteiger partial charge in [0.15, 0.2) is 5.78 Å². The highest BCUT2D eigenvalue weighted by Crippen LogP contribution is 2.46. The van der Waals surface area contributed by atoms with Crippen molar-refractivity contribution in [3.05, 3.63) is 85.5 Å². The molecule has 2 aromatic rings. The van der Waals surface area contributed by atoms with Crippen molar-refractivity contribution in [2.45, 2.75) is 38.5 Å². The van der Waals surface area contributed by atoms with Crippen LogP contribution in [0.4, 0.5) is 5.69 Å². The number of dihydropyridines is 1. The van der Waals surface area contributed by atoms with Crippen LogP contribution >= 0.6 is 35.0 Å². The van der Waals surface area contributed by atoms with Crippen LogP contribution in [0.2, 0.25) is 10.0 Å². The molecule has 34 heavy (non-hydrogen) atoms. The number of rotatable bonds is 6. The fourth-order valence-electron chi connectivity index (χ4n) is 4.37. The number of allylic oxidation sites excluding steroid dienone is 3. The third kappa shape index (κ3) is 4.88. The van der Waals surface area contributed by atoms with E-state index in [9.17, 15) is 14.9 Å². The van der Waals surface area contributed by atoms with Crippen molar-refractivity contribution in [3.63, 3.8) is 0 Å². The van der Waals surface area contributed by atoms with Gasteiger partial charge in [-0.3, -0.25) is 9.59 Å². The van der Waals surface area contributed by atoms with Crippen molar-refractivity contribution in [1.29, 1.82) is 5.26 Å². The molecule has 1 amide bonds. The van der Waals surface area contributed by atoms with Crippen LogP contribution in [0, 0.1) is 11.3 Å². The minimum absolute atomic E-state index is 0.000470. The third-order valence-electron chi connectivity index (χ3n) is 5.98. The lowest BCUT2D eigenvalue weighted by molar-refractivity contribution is -0.116. The minimum atomic E-state index is -0.619. The highest BCUT2D eigenvalue weighted by molar-refractivity contribution is 8.03. The Kier molecular flexibility index (Phi) is 7.67. The summed E-state index contributed by atoms with van der Waals surface area (Å²) in [7, 11) is 0. The van der Waals surface area contributed by atoms with Crippen LogP contribution in [0.5, 0.6) is 0 Å². The van der Waals surface area contributed by atoms with Crippen LogP contribution in [0.3, 0.4) is 0 Å². The van der Waals surface area contributed by atoms with Gasteiger partial charge in [-0.1, -0.05) is 72.2 Å². The van der Waals surface area contributed by atoms with Crippen LogP contribution < -0.4 is 10.6 Å². The van der Waals surface area contributed by atoms with Gasteiger partial charge in [0.25, 0.3) is 0 Å². The Hall–Kier alpha value is -2.72. The minimum Gasteiger partial charge on any atom is -0.352 e. The van der Waals surface area contributed by atoms with Crippen molar-refractivity contribution in [2.75, 3.05) is 11.1 Å². The van der Waals surface area contributed by atoms with Gasteiger partial charge >= 0.3 is 0 Å². The summed E-state index contributed by atoms with van der Waals surface area (Å²) in [6.45, 7) is 2.04. The van der Waals surface area contributed by atoms with Crippen molar-refractivity contribution >= 4 is 52.3 Å². The molecule has 2 aliphatic rings.